The van der Waals surface area contributed by atoms with Crippen molar-refractivity contribution in [2.45, 2.75) is 25.7 Å². The molecule has 5 nitrogen and oxygen atoms in total. The third kappa shape index (κ3) is 4.96. The molecular weight excluding hydrogens is 322 g/mol. The summed E-state index contributed by atoms with van der Waals surface area (Å²) in [6.07, 6.45) is 3.66. The first-order valence-corrected chi connectivity index (χ1v) is 9.33. The van der Waals surface area contributed by atoms with Gasteiger partial charge in [-0.25, -0.2) is 4.98 Å². The first-order chi connectivity index (χ1) is 11.8. The fourth-order valence-electron chi connectivity index (χ4n) is 2.66. The molecule has 0 bridgehead atoms. The number of carbonyl (C=O) groups is 1. The fraction of sp³-hybridized carbons (Fsp3) is 0.444. The van der Waals surface area contributed by atoms with Gasteiger partial charge in [-0.2, -0.15) is 0 Å². The number of benzene rings is 1. The molecule has 3 rings (SSSR count). The standard InChI is InChI=1S/C18H23N3O2S/c22-17(9-13-23-16-6-2-1-3-7-16)19-10-8-15-14-24-18(20-15)21-11-4-5-12-21/h1-3,6-7,14H,4-5,8-13H2,(H,19,22). The topological polar surface area (TPSA) is 54.5 Å². The molecule has 1 amide bonds. The number of thiazole rings is 1. The quantitative estimate of drug-likeness (QED) is 0.799. The number of rotatable bonds is 8. The highest BCUT2D eigenvalue weighted by Gasteiger charge is 2.15. The molecule has 1 aromatic carbocycles. The van der Waals surface area contributed by atoms with E-state index in [1.807, 2.05) is 30.3 Å². The predicted molar refractivity (Wildman–Crippen MR) is 96.8 cm³/mol. The van der Waals surface area contributed by atoms with Gasteiger partial charge in [0.2, 0.25) is 5.91 Å². The van der Waals surface area contributed by atoms with E-state index in [0.717, 1.165) is 36.1 Å². The Morgan fingerprint density at radius 1 is 1.25 bits per heavy atom. The maximum Gasteiger partial charge on any atom is 0.223 e. The van der Waals surface area contributed by atoms with E-state index in [9.17, 15) is 4.79 Å². The summed E-state index contributed by atoms with van der Waals surface area (Å²) in [4.78, 5) is 18.8. The Bertz CT molecular complexity index is 639. The molecule has 1 fully saturated rings. The van der Waals surface area contributed by atoms with Gasteiger partial charge in [-0.3, -0.25) is 4.79 Å². The van der Waals surface area contributed by atoms with Gasteiger partial charge < -0.3 is 15.0 Å². The van der Waals surface area contributed by atoms with Crippen LogP contribution >= 0.6 is 11.3 Å². The minimum atomic E-state index is 0.0147. The lowest BCUT2D eigenvalue weighted by molar-refractivity contribution is -0.121. The normalized spacial score (nSPS) is 13.9. The average Bonchev–Trinajstić information content (AvgIpc) is 3.27. The summed E-state index contributed by atoms with van der Waals surface area (Å²) in [6, 6.07) is 9.54. The number of anilines is 1. The highest BCUT2D eigenvalue weighted by atomic mass is 32.1. The SMILES string of the molecule is O=C(CCOc1ccccc1)NCCc1csc(N2CCCC2)n1. The molecule has 1 N–H and O–H groups in total. The van der Waals surface area contributed by atoms with Crippen LogP contribution in [0.2, 0.25) is 0 Å². The lowest BCUT2D eigenvalue weighted by atomic mass is 10.3. The van der Waals surface area contributed by atoms with Gasteiger partial charge in [0.15, 0.2) is 5.13 Å². The molecule has 0 radical (unpaired) electrons. The van der Waals surface area contributed by atoms with Gasteiger partial charge in [-0.05, 0) is 25.0 Å². The predicted octanol–water partition coefficient (Wildman–Crippen LogP) is 2.87. The van der Waals surface area contributed by atoms with E-state index in [1.54, 1.807) is 11.3 Å². The summed E-state index contributed by atoms with van der Waals surface area (Å²) in [7, 11) is 0. The molecule has 1 aromatic heterocycles. The Balaban J connectivity index is 1.32. The zero-order valence-electron chi connectivity index (χ0n) is 13.7. The van der Waals surface area contributed by atoms with Gasteiger partial charge >= 0.3 is 0 Å². The van der Waals surface area contributed by atoms with E-state index in [4.69, 9.17) is 4.74 Å². The van der Waals surface area contributed by atoms with E-state index in [-0.39, 0.29) is 5.91 Å². The van der Waals surface area contributed by atoms with Crippen molar-refractivity contribution in [3.63, 3.8) is 0 Å². The Labute approximate surface area is 146 Å². The Morgan fingerprint density at radius 2 is 2.04 bits per heavy atom. The Hall–Kier alpha value is -2.08. The molecular formula is C18H23N3O2S. The molecule has 24 heavy (non-hydrogen) atoms. The fourth-order valence-corrected chi connectivity index (χ4v) is 3.58. The summed E-state index contributed by atoms with van der Waals surface area (Å²) >= 11 is 1.70. The number of para-hydroxylation sites is 1. The molecule has 1 saturated heterocycles. The van der Waals surface area contributed by atoms with Crippen LogP contribution in [-0.4, -0.2) is 37.1 Å². The zero-order valence-corrected chi connectivity index (χ0v) is 14.6. The number of nitrogens with zero attached hydrogens (tertiary/aromatic N) is 2. The van der Waals surface area contributed by atoms with Crippen molar-refractivity contribution in [3.05, 3.63) is 41.4 Å². The number of aromatic nitrogens is 1. The minimum Gasteiger partial charge on any atom is -0.493 e. The van der Waals surface area contributed by atoms with Crippen LogP contribution in [0.25, 0.3) is 0 Å². The van der Waals surface area contributed by atoms with Gasteiger partial charge in [0.25, 0.3) is 0 Å². The van der Waals surface area contributed by atoms with Crippen molar-refractivity contribution < 1.29 is 9.53 Å². The number of carbonyl (C=O) groups excluding carboxylic acids is 1. The average molecular weight is 345 g/mol. The minimum absolute atomic E-state index is 0.0147. The van der Waals surface area contributed by atoms with Crippen LogP contribution in [0.1, 0.15) is 25.0 Å². The van der Waals surface area contributed by atoms with Crippen molar-refractivity contribution in [2.24, 2.45) is 0 Å². The second-order valence-electron chi connectivity index (χ2n) is 5.83. The molecule has 0 atom stereocenters. The summed E-state index contributed by atoms with van der Waals surface area (Å²) in [6.45, 7) is 3.25. The second-order valence-corrected chi connectivity index (χ2v) is 6.66. The van der Waals surface area contributed by atoms with Crippen LogP contribution in [0, 0.1) is 0 Å². The Kier molecular flexibility index (Phi) is 6.07. The molecule has 2 aromatic rings. The van der Waals surface area contributed by atoms with Gasteiger partial charge in [0, 0.05) is 31.4 Å². The monoisotopic (exact) mass is 345 g/mol. The van der Waals surface area contributed by atoms with Gasteiger partial charge in [-0.1, -0.05) is 18.2 Å². The summed E-state index contributed by atoms with van der Waals surface area (Å²) < 4.78 is 5.52. The summed E-state index contributed by atoms with van der Waals surface area (Å²) in [5.41, 5.74) is 1.06. The first kappa shape index (κ1) is 16.8. The summed E-state index contributed by atoms with van der Waals surface area (Å²) in [5, 5.41) is 6.14. The number of ether oxygens (including phenoxy) is 1. The molecule has 6 heteroatoms. The van der Waals surface area contributed by atoms with Crippen LogP contribution < -0.4 is 15.0 Å². The molecule has 128 valence electrons. The molecule has 0 aliphatic carbocycles. The van der Waals surface area contributed by atoms with Crippen molar-refractivity contribution >= 4 is 22.4 Å². The van der Waals surface area contributed by atoms with Gasteiger partial charge in [0.05, 0.1) is 18.7 Å². The second kappa shape index (κ2) is 8.68. The van der Waals surface area contributed by atoms with Crippen LogP contribution in [0.3, 0.4) is 0 Å². The molecule has 0 saturated carbocycles. The molecule has 0 unspecified atom stereocenters. The van der Waals surface area contributed by atoms with Crippen LogP contribution in [-0.2, 0) is 11.2 Å². The van der Waals surface area contributed by atoms with E-state index in [0.29, 0.717) is 19.6 Å². The smallest absolute Gasteiger partial charge is 0.223 e. The molecule has 0 spiro atoms. The lowest BCUT2D eigenvalue weighted by Gasteiger charge is -2.12. The first-order valence-electron chi connectivity index (χ1n) is 8.45. The van der Waals surface area contributed by atoms with Gasteiger partial charge in [-0.15, -0.1) is 11.3 Å². The summed E-state index contributed by atoms with van der Waals surface area (Å²) in [5.74, 6) is 0.808. The van der Waals surface area contributed by atoms with Crippen LogP contribution in [0.15, 0.2) is 35.7 Å². The van der Waals surface area contributed by atoms with E-state index >= 15 is 0 Å². The highest BCUT2D eigenvalue weighted by molar-refractivity contribution is 7.13. The van der Waals surface area contributed by atoms with Crippen molar-refractivity contribution in [3.8, 4) is 5.75 Å². The molecule has 1 aliphatic heterocycles. The van der Waals surface area contributed by atoms with Gasteiger partial charge in [0.1, 0.15) is 5.75 Å². The Morgan fingerprint density at radius 3 is 2.83 bits per heavy atom. The van der Waals surface area contributed by atoms with Crippen molar-refractivity contribution in [1.29, 1.82) is 0 Å². The third-order valence-corrected chi connectivity index (χ3v) is 4.91. The number of hydrogen-bond acceptors (Lipinski definition) is 5. The zero-order chi connectivity index (χ0) is 16.6. The van der Waals surface area contributed by atoms with Crippen molar-refractivity contribution in [2.75, 3.05) is 31.1 Å². The van der Waals surface area contributed by atoms with Crippen LogP contribution in [0.4, 0.5) is 5.13 Å². The molecule has 2 heterocycles. The largest absolute Gasteiger partial charge is 0.493 e. The lowest BCUT2D eigenvalue weighted by Crippen LogP contribution is -2.27. The number of amides is 1. The van der Waals surface area contributed by atoms with E-state index in [1.165, 1.54) is 12.8 Å². The third-order valence-electron chi connectivity index (χ3n) is 3.96. The maximum atomic E-state index is 11.8. The van der Waals surface area contributed by atoms with E-state index < -0.39 is 0 Å². The maximum absolute atomic E-state index is 11.8. The number of nitrogens with one attached hydrogen (secondary N) is 1. The highest BCUT2D eigenvalue weighted by Crippen LogP contribution is 2.24. The van der Waals surface area contributed by atoms with E-state index in [2.05, 4.69) is 20.6 Å². The number of hydrogen-bond donors (Lipinski definition) is 1. The van der Waals surface area contributed by atoms with Crippen molar-refractivity contribution in [1.82, 2.24) is 10.3 Å². The van der Waals surface area contributed by atoms with Crippen LogP contribution in [0.5, 0.6) is 5.75 Å². The molecule has 1 aliphatic rings.